The number of halogens is 1. The Hall–Kier alpha value is -1.29. The van der Waals surface area contributed by atoms with Crippen LogP contribution in [0.5, 0.6) is 0 Å². The molecule has 2 fully saturated rings. The minimum absolute atomic E-state index is 0.0128. The number of hydrogen-bond acceptors (Lipinski definition) is 9. The molecule has 0 aromatic carbocycles. The van der Waals surface area contributed by atoms with Gasteiger partial charge in [0.1, 0.15) is 11.6 Å². The minimum atomic E-state index is -3.23. The van der Waals surface area contributed by atoms with E-state index in [4.69, 9.17) is 26.4 Å². The van der Waals surface area contributed by atoms with Crippen molar-refractivity contribution in [1.82, 2.24) is 19.5 Å². The summed E-state index contributed by atoms with van der Waals surface area (Å²) in [7, 11) is -3.23. The summed E-state index contributed by atoms with van der Waals surface area (Å²) in [4.78, 5) is 12.4. The fourth-order valence-electron chi connectivity index (χ4n) is 4.74. The summed E-state index contributed by atoms with van der Waals surface area (Å²) in [6, 6.07) is -0.445. The predicted octanol–water partition coefficient (Wildman–Crippen LogP) is 2.00. The minimum Gasteiger partial charge on any atom is -0.390 e. The molecule has 4 N–H and O–H groups in total. The number of aliphatic hydroxyl groups is 2. The molecule has 0 spiro atoms. The Morgan fingerprint density at radius 3 is 2.69 bits per heavy atom. The van der Waals surface area contributed by atoms with Gasteiger partial charge in [-0.05, 0) is 44.2 Å². The molecule has 0 aliphatic heterocycles. The number of hydrogen-bond donors (Lipinski definition) is 3. The maximum Gasteiger partial charge on any atom is 0.330 e. The molecule has 12 heteroatoms. The van der Waals surface area contributed by atoms with E-state index in [0.717, 1.165) is 0 Å². The molecule has 2 aliphatic carbocycles. The molecule has 0 unspecified atom stereocenters. The van der Waals surface area contributed by atoms with E-state index in [1.165, 1.54) is 6.33 Å². The van der Waals surface area contributed by atoms with Crippen molar-refractivity contribution in [3.05, 3.63) is 11.6 Å². The summed E-state index contributed by atoms with van der Waals surface area (Å²) in [5.41, 5.74) is 6.13. The highest BCUT2D eigenvalue weighted by Crippen LogP contribution is 2.71. The molecule has 0 bridgehead atoms. The van der Waals surface area contributed by atoms with Gasteiger partial charge >= 0.3 is 7.60 Å². The molecule has 2 aliphatic rings. The zero-order chi connectivity index (χ0) is 21.0. The van der Waals surface area contributed by atoms with Crippen LogP contribution in [0.15, 0.2) is 6.33 Å². The first-order valence-corrected chi connectivity index (χ1v) is 11.8. The maximum atomic E-state index is 12.8. The van der Waals surface area contributed by atoms with E-state index in [2.05, 4.69) is 15.0 Å². The Morgan fingerprint density at radius 2 is 2.03 bits per heavy atom. The van der Waals surface area contributed by atoms with Crippen LogP contribution < -0.4 is 5.73 Å². The smallest absolute Gasteiger partial charge is 0.330 e. The second kappa shape index (κ2) is 7.44. The molecule has 5 atom stereocenters. The summed E-state index contributed by atoms with van der Waals surface area (Å²) in [6.07, 6.45) is 0.830. The quantitative estimate of drug-likeness (QED) is 0.410. The second-order valence-electron chi connectivity index (χ2n) is 7.59. The largest absolute Gasteiger partial charge is 0.390 e. The average molecular weight is 446 g/mol. The Balaban J connectivity index is 1.60. The number of nitrogen functional groups attached to an aromatic ring is 1. The summed E-state index contributed by atoms with van der Waals surface area (Å²) in [5.74, 6) is 0.125. The molecule has 160 valence electrons. The summed E-state index contributed by atoms with van der Waals surface area (Å²) in [5, 5.41) is 21.6. The molecule has 10 nitrogen and oxygen atoms in total. The van der Waals surface area contributed by atoms with Gasteiger partial charge in [0.2, 0.25) is 5.28 Å². The van der Waals surface area contributed by atoms with Gasteiger partial charge in [-0.3, -0.25) is 4.57 Å². The Kier molecular flexibility index (Phi) is 5.38. The van der Waals surface area contributed by atoms with Crippen LogP contribution in [0.4, 0.5) is 5.82 Å². The zero-order valence-corrected chi connectivity index (χ0v) is 17.9. The second-order valence-corrected chi connectivity index (χ2v) is 10.1. The number of aromatic nitrogens is 4. The van der Waals surface area contributed by atoms with Gasteiger partial charge in [-0.25, -0.2) is 4.98 Å². The lowest BCUT2D eigenvalue weighted by Gasteiger charge is -2.25. The third kappa shape index (κ3) is 3.36. The van der Waals surface area contributed by atoms with Gasteiger partial charge in [0.25, 0.3) is 0 Å². The molecule has 0 radical (unpaired) electrons. The lowest BCUT2D eigenvalue weighted by molar-refractivity contribution is -0.0184. The van der Waals surface area contributed by atoms with Crippen LogP contribution in [0.25, 0.3) is 11.2 Å². The third-order valence-electron chi connectivity index (χ3n) is 6.10. The van der Waals surface area contributed by atoms with Crippen LogP contribution in [0, 0.1) is 11.3 Å². The number of nitrogens with zero attached hydrogens (tertiary/aromatic N) is 4. The van der Waals surface area contributed by atoms with Gasteiger partial charge in [-0.2, -0.15) is 9.97 Å². The van der Waals surface area contributed by atoms with Crippen LogP contribution >= 0.6 is 19.2 Å². The van der Waals surface area contributed by atoms with Crippen molar-refractivity contribution in [1.29, 1.82) is 0 Å². The van der Waals surface area contributed by atoms with Crippen LogP contribution in [-0.2, 0) is 13.6 Å². The van der Waals surface area contributed by atoms with Crippen LogP contribution in [0.3, 0.4) is 0 Å². The monoisotopic (exact) mass is 445 g/mol. The van der Waals surface area contributed by atoms with Crippen molar-refractivity contribution in [3.8, 4) is 0 Å². The number of rotatable bonds is 8. The van der Waals surface area contributed by atoms with Gasteiger partial charge in [-0.15, -0.1) is 0 Å². The van der Waals surface area contributed by atoms with E-state index >= 15 is 0 Å². The number of imidazole rings is 1. The van der Waals surface area contributed by atoms with Crippen molar-refractivity contribution >= 4 is 36.2 Å². The van der Waals surface area contributed by atoms with Crippen molar-refractivity contribution in [2.24, 2.45) is 11.3 Å². The lowest BCUT2D eigenvalue weighted by Crippen LogP contribution is -2.34. The van der Waals surface area contributed by atoms with E-state index in [1.54, 1.807) is 18.4 Å². The Bertz CT molecular complexity index is 963. The van der Waals surface area contributed by atoms with Gasteiger partial charge in [0, 0.05) is 5.41 Å². The molecule has 0 saturated heterocycles. The van der Waals surface area contributed by atoms with Gasteiger partial charge in [0.15, 0.2) is 11.5 Å². The SMILES string of the molecule is CCOP(=O)(CC[C@]12C[C@H]1[C@@H](n1cnc3c(N)nc(Cl)nc31)[C@H](O)[C@@H]2O)OCC. The van der Waals surface area contributed by atoms with E-state index in [0.29, 0.717) is 24.0 Å². The topological polar surface area (TPSA) is 146 Å². The fraction of sp³-hybridized carbons (Fsp3) is 0.706. The van der Waals surface area contributed by atoms with Gasteiger partial charge < -0.3 is 29.6 Å². The normalized spacial score (nSPS) is 31.3. The van der Waals surface area contributed by atoms with E-state index < -0.39 is 31.3 Å². The zero-order valence-electron chi connectivity index (χ0n) is 16.2. The first-order chi connectivity index (χ1) is 13.8. The first-order valence-electron chi connectivity index (χ1n) is 9.66. The maximum absolute atomic E-state index is 12.8. The highest BCUT2D eigenvalue weighted by Gasteiger charge is 2.71. The summed E-state index contributed by atoms with van der Waals surface area (Å²) >= 11 is 5.94. The number of anilines is 1. The number of fused-ring (bicyclic) bond motifs is 2. The summed E-state index contributed by atoms with van der Waals surface area (Å²) in [6.45, 7) is 4.09. The molecule has 2 heterocycles. The molecule has 0 amide bonds. The molecule has 2 aromatic rings. The predicted molar refractivity (Wildman–Crippen MR) is 107 cm³/mol. The van der Waals surface area contributed by atoms with Gasteiger partial charge in [0.05, 0.1) is 37.8 Å². The standard InChI is InChI=1S/C17H25ClN5O5P/c1-3-27-29(26,28-4-2)6-5-17-7-9(17)11(12(24)13(17)25)23-8-20-10-14(19)21-16(18)22-15(10)23/h8-9,11-13,24-25H,3-7H2,1-2H3,(H2,19,21,22)/t9-,11+,12-,13-,17-/m0/s1. The van der Waals surface area contributed by atoms with E-state index in [1.807, 2.05) is 0 Å². The molecule has 2 aromatic heterocycles. The lowest BCUT2D eigenvalue weighted by atomic mass is 9.96. The van der Waals surface area contributed by atoms with Crippen molar-refractivity contribution in [2.75, 3.05) is 25.1 Å². The van der Waals surface area contributed by atoms with Crippen LogP contribution in [0.2, 0.25) is 5.28 Å². The van der Waals surface area contributed by atoms with E-state index in [-0.39, 0.29) is 36.4 Å². The molecular weight excluding hydrogens is 421 g/mol. The fourth-order valence-corrected chi connectivity index (χ4v) is 6.72. The van der Waals surface area contributed by atoms with Crippen LogP contribution in [-0.4, -0.2) is 61.3 Å². The molecule has 4 rings (SSSR count). The van der Waals surface area contributed by atoms with Crippen molar-refractivity contribution in [2.45, 2.75) is 44.9 Å². The number of nitrogens with two attached hydrogens (primary N) is 1. The molecule has 2 saturated carbocycles. The Labute approximate surface area is 172 Å². The van der Waals surface area contributed by atoms with Crippen molar-refractivity contribution in [3.63, 3.8) is 0 Å². The number of aliphatic hydroxyl groups excluding tert-OH is 2. The highest BCUT2D eigenvalue weighted by molar-refractivity contribution is 7.53. The highest BCUT2D eigenvalue weighted by atomic mass is 35.5. The third-order valence-corrected chi connectivity index (χ3v) is 8.34. The molecular formula is C17H25ClN5O5P. The van der Waals surface area contributed by atoms with E-state index in [9.17, 15) is 14.8 Å². The van der Waals surface area contributed by atoms with Crippen LogP contribution in [0.1, 0.15) is 32.7 Å². The van der Waals surface area contributed by atoms with Crippen molar-refractivity contribution < 1.29 is 23.8 Å². The average Bonchev–Trinajstić information content (AvgIpc) is 3.16. The van der Waals surface area contributed by atoms with Gasteiger partial charge in [-0.1, -0.05) is 0 Å². The Morgan fingerprint density at radius 1 is 1.34 bits per heavy atom. The molecule has 29 heavy (non-hydrogen) atoms. The first kappa shape index (κ1) is 21.0. The summed E-state index contributed by atoms with van der Waals surface area (Å²) < 4.78 is 25.3.